The molecule has 5 nitrogen and oxygen atoms in total. The van der Waals surface area contributed by atoms with Crippen molar-refractivity contribution >= 4 is 5.82 Å². The Morgan fingerprint density at radius 1 is 1.32 bits per heavy atom. The summed E-state index contributed by atoms with van der Waals surface area (Å²) in [4.78, 5) is 0. The van der Waals surface area contributed by atoms with Gasteiger partial charge in [0.15, 0.2) is 0 Å². The smallest absolute Gasteiger partial charge is 0.124 e. The average Bonchev–Trinajstić information content (AvgIpc) is 3.14. The van der Waals surface area contributed by atoms with Crippen LogP contribution in [0, 0.1) is 0 Å². The summed E-state index contributed by atoms with van der Waals surface area (Å²) in [6.45, 7) is 0.496. The standard InChI is InChI=1S/C14H17N3O2/c1-17-14(7-12(16-17)9-2-3-9)15-8-10-4-5-11(18)6-13(10)19/h4-7,9,15,18-19H,2-3,8H2,1H3. The molecule has 1 saturated carbocycles. The Bertz CT molecular complexity index is 603. The maximum atomic E-state index is 9.72. The van der Waals surface area contributed by atoms with Gasteiger partial charge in [0.25, 0.3) is 0 Å². The maximum absolute atomic E-state index is 9.72. The van der Waals surface area contributed by atoms with E-state index < -0.39 is 0 Å². The third kappa shape index (κ3) is 2.50. The second kappa shape index (κ2) is 4.50. The molecule has 1 fully saturated rings. The minimum Gasteiger partial charge on any atom is -0.508 e. The largest absolute Gasteiger partial charge is 0.508 e. The molecule has 5 heteroatoms. The SMILES string of the molecule is Cn1nc(C2CC2)cc1NCc1ccc(O)cc1O. The van der Waals surface area contributed by atoms with E-state index in [0.717, 1.165) is 17.1 Å². The Morgan fingerprint density at radius 2 is 2.11 bits per heavy atom. The number of aromatic nitrogens is 2. The zero-order valence-corrected chi connectivity index (χ0v) is 10.8. The van der Waals surface area contributed by atoms with Crippen molar-refractivity contribution in [3.8, 4) is 11.5 Å². The Balaban J connectivity index is 1.71. The van der Waals surface area contributed by atoms with Crippen LogP contribution in [-0.4, -0.2) is 20.0 Å². The Hall–Kier alpha value is -2.17. The first-order chi connectivity index (χ1) is 9.13. The highest BCUT2D eigenvalue weighted by atomic mass is 16.3. The van der Waals surface area contributed by atoms with Crippen LogP contribution in [0.15, 0.2) is 24.3 Å². The summed E-state index contributed by atoms with van der Waals surface area (Å²) in [5.41, 5.74) is 1.88. The predicted molar refractivity (Wildman–Crippen MR) is 72.3 cm³/mol. The van der Waals surface area contributed by atoms with Crippen molar-refractivity contribution in [3.63, 3.8) is 0 Å². The van der Waals surface area contributed by atoms with Gasteiger partial charge < -0.3 is 15.5 Å². The number of nitrogens with one attached hydrogen (secondary N) is 1. The third-order valence-corrected chi connectivity index (χ3v) is 3.42. The molecule has 100 valence electrons. The minimum atomic E-state index is 0.0674. The summed E-state index contributed by atoms with van der Waals surface area (Å²) in [7, 11) is 1.91. The van der Waals surface area contributed by atoms with E-state index in [2.05, 4.69) is 16.5 Å². The van der Waals surface area contributed by atoms with E-state index in [0.29, 0.717) is 12.5 Å². The first-order valence-corrected chi connectivity index (χ1v) is 6.42. The van der Waals surface area contributed by atoms with Crippen LogP contribution in [0.2, 0.25) is 0 Å². The normalized spacial score (nSPS) is 14.6. The molecule has 3 rings (SSSR count). The molecule has 0 spiro atoms. The zero-order chi connectivity index (χ0) is 13.4. The van der Waals surface area contributed by atoms with Crippen LogP contribution in [0.5, 0.6) is 11.5 Å². The van der Waals surface area contributed by atoms with E-state index in [9.17, 15) is 10.2 Å². The molecule has 0 saturated heterocycles. The van der Waals surface area contributed by atoms with Gasteiger partial charge in [-0.25, -0.2) is 0 Å². The average molecular weight is 259 g/mol. The van der Waals surface area contributed by atoms with E-state index in [1.807, 2.05) is 11.7 Å². The fraction of sp³-hybridized carbons (Fsp3) is 0.357. The molecular formula is C14H17N3O2. The fourth-order valence-electron chi connectivity index (χ4n) is 2.12. The van der Waals surface area contributed by atoms with Crippen LogP contribution in [0.4, 0.5) is 5.82 Å². The number of benzene rings is 1. The van der Waals surface area contributed by atoms with E-state index >= 15 is 0 Å². The molecule has 1 aromatic carbocycles. The van der Waals surface area contributed by atoms with Gasteiger partial charge in [0, 0.05) is 37.2 Å². The molecule has 0 radical (unpaired) electrons. The maximum Gasteiger partial charge on any atom is 0.124 e. The van der Waals surface area contributed by atoms with Gasteiger partial charge in [-0.05, 0) is 25.0 Å². The second-order valence-electron chi connectivity index (χ2n) is 5.02. The van der Waals surface area contributed by atoms with Crippen LogP contribution in [0.3, 0.4) is 0 Å². The fourth-order valence-corrected chi connectivity index (χ4v) is 2.12. The van der Waals surface area contributed by atoms with Crippen molar-refractivity contribution in [1.82, 2.24) is 9.78 Å². The molecule has 0 amide bonds. The van der Waals surface area contributed by atoms with Gasteiger partial charge >= 0.3 is 0 Å². The van der Waals surface area contributed by atoms with E-state index in [-0.39, 0.29) is 11.5 Å². The summed E-state index contributed by atoms with van der Waals surface area (Å²) in [5, 5.41) is 26.7. The molecule has 1 aliphatic rings. The topological polar surface area (TPSA) is 70.3 Å². The molecule has 0 atom stereocenters. The minimum absolute atomic E-state index is 0.0674. The van der Waals surface area contributed by atoms with Crippen LogP contribution >= 0.6 is 0 Å². The zero-order valence-electron chi connectivity index (χ0n) is 10.8. The van der Waals surface area contributed by atoms with Gasteiger partial charge in [0.2, 0.25) is 0 Å². The molecule has 0 aliphatic heterocycles. The lowest BCUT2D eigenvalue weighted by Crippen LogP contribution is -2.04. The summed E-state index contributed by atoms with van der Waals surface area (Å²) in [5.74, 6) is 1.73. The van der Waals surface area contributed by atoms with E-state index in [1.165, 1.54) is 18.9 Å². The van der Waals surface area contributed by atoms with Gasteiger partial charge in [-0.2, -0.15) is 5.10 Å². The van der Waals surface area contributed by atoms with Gasteiger partial charge in [-0.3, -0.25) is 4.68 Å². The van der Waals surface area contributed by atoms with Crippen LogP contribution < -0.4 is 5.32 Å². The highest BCUT2D eigenvalue weighted by molar-refractivity contribution is 5.44. The number of hydrogen-bond acceptors (Lipinski definition) is 4. The number of rotatable bonds is 4. The molecular weight excluding hydrogens is 242 g/mol. The Labute approximate surface area is 111 Å². The number of aromatic hydroxyl groups is 2. The molecule has 0 bridgehead atoms. The van der Waals surface area contributed by atoms with Crippen molar-refractivity contribution in [2.75, 3.05) is 5.32 Å². The molecule has 0 unspecified atom stereocenters. The molecule has 1 aliphatic carbocycles. The lowest BCUT2D eigenvalue weighted by molar-refractivity contribution is 0.446. The summed E-state index contributed by atoms with van der Waals surface area (Å²) >= 11 is 0. The third-order valence-electron chi connectivity index (χ3n) is 3.42. The predicted octanol–water partition coefficient (Wildman–Crippen LogP) is 2.32. The van der Waals surface area contributed by atoms with Crippen molar-refractivity contribution in [2.24, 2.45) is 7.05 Å². The molecule has 1 aromatic heterocycles. The van der Waals surface area contributed by atoms with Gasteiger partial charge in [0.1, 0.15) is 17.3 Å². The number of aryl methyl sites for hydroxylation is 1. The first kappa shape index (κ1) is 11.9. The quantitative estimate of drug-likeness (QED) is 0.788. The monoisotopic (exact) mass is 259 g/mol. The molecule has 2 aromatic rings. The first-order valence-electron chi connectivity index (χ1n) is 6.42. The summed E-state index contributed by atoms with van der Waals surface area (Å²) < 4.78 is 1.82. The van der Waals surface area contributed by atoms with Crippen LogP contribution in [0.1, 0.15) is 30.0 Å². The van der Waals surface area contributed by atoms with Crippen molar-refractivity contribution in [3.05, 3.63) is 35.5 Å². The van der Waals surface area contributed by atoms with E-state index in [1.54, 1.807) is 12.1 Å². The number of phenolic OH excluding ortho intramolecular Hbond substituents is 2. The Morgan fingerprint density at radius 3 is 2.79 bits per heavy atom. The summed E-state index contributed by atoms with van der Waals surface area (Å²) in [6.07, 6.45) is 2.46. The number of anilines is 1. The highest BCUT2D eigenvalue weighted by Gasteiger charge is 2.26. The molecule has 3 N–H and O–H groups in total. The highest BCUT2D eigenvalue weighted by Crippen LogP contribution is 2.40. The Kier molecular flexibility index (Phi) is 2.81. The van der Waals surface area contributed by atoms with Gasteiger partial charge in [-0.15, -0.1) is 0 Å². The second-order valence-corrected chi connectivity index (χ2v) is 5.02. The number of hydrogen-bond donors (Lipinski definition) is 3. The number of phenols is 2. The lowest BCUT2D eigenvalue weighted by atomic mass is 10.2. The van der Waals surface area contributed by atoms with Gasteiger partial charge in [-0.1, -0.05) is 0 Å². The van der Waals surface area contributed by atoms with Crippen molar-refractivity contribution < 1.29 is 10.2 Å². The van der Waals surface area contributed by atoms with Crippen LogP contribution in [-0.2, 0) is 13.6 Å². The summed E-state index contributed by atoms with van der Waals surface area (Å²) in [6, 6.07) is 6.68. The number of nitrogens with zero attached hydrogens (tertiary/aromatic N) is 2. The van der Waals surface area contributed by atoms with Gasteiger partial charge in [0.05, 0.1) is 5.69 Å². The van der Waals surface area contributed by atoms with Crippen molar-refractivity contribution in [1.29, 1.82) is 0 Å². The van der Waals surface area contributed by atoms with Crippen molar-refractivity contribution in [2.45, 2.75) is 25.3 Å². The molecule has 19 heavy (non-hydrogen) atoms. The van der Waals surface area contributed by atoms with E-state index in [4.69, 9.17) is 0 Å². The lowest BCUT2D eigenvalue weighted by Gasteiger charge is -2.08. The molecule has 1 heterocycles. The van der Waals surface area contributed by atoms with Crippen LogP contribution in [0.25, 0.3) is 0 Å².